The Bertz CT molecular complexity index is 2020. The predicted molar refractivity (Wildman–Crippen MR) is 171 cm³/mol. The van der Waals surface area contributed by atoms with Crippen LogP contribution in [0, 0.1) is 0 Å². The minimum Gasteiger partial charge on any atom is -0.443 e. The maximum Gasteiger partial charge on any atom is 0.434 e. The van der Waals surface area contributed by atoms with E-state index < -0.39 is 46.7 Å². The predicted octanol–water partition coefficient (Wildman–Crippen LogP) is 7.00. The number of nitrogens with zero attached hydrogens (tertiary/aromatic N) is 8. The summed E-state index contributed by atoms with van der Waals surface area (Å²) in [5, 5.41) is 14.3. The zero-order chi connectivity index (χ0) is 35.9. The molecule has 0 saturated heterocycles. The number of aromatic nitrogens is 7. The van der Waals surface area contributed by atoms with Crippen molar-refractivity contribution in [2.24, 2.45) is 0 Å². The summed E-state index contributed by atoms with van der Waals surface area (Å²) in [5.74, 6) is -1.29. The molecule has 4 heterocycles. The highest BCUT2D eigenvalue weighted by Gasteiger charge is 2.41. The second-order valence-corrected chi connectivity index (χ2v) is 12.8. The van der Waals surface area contributed by atoms with Gasteiger partial charge in [-0.05, 0) is 47.6 Å². The van der Waals surface area contributed by atoms with Crippen molar-refractivity contribution in [3.63, 3.8) is 0 Å². The molecule has 0 aliphatic carbocycles. The number of amides is 3. The van der Waals surface area contributed by atoms with E-state index in [1.54, 1.807) is 47.6 Å². The molecule has 14 nitrogen and oxygen atoms in total. The van der Waals surface area contributed by atoms with Crippen molar-refractivity contribution in [1.82, 2.24) is 34.7 Å². The van der Waals surface area contributed by atoms with E-state index in [9.17, 15) is 27.6 Å². The number of ether oxygens (including phenoxy) is 2. The average Bonchev–Trinajstić information content (AvgIpc) is 3.67. The first-order valence-corrected chi connectivity index (χ1v) is 14.8. The van der Waals surface area contributed by atoms with Crippen LogP contribution in [0.1, 0.15) is 57.6 Å². The highest BCUT2D eigenvalue weighted by Crippen LogP contribution is 2.37. The van der Waals surface area contributed by atoms with Gasteiger partial charge in [0.15, 0.2) is 17.3 Å². The van der Waals surface area contributed by atoms with Crippen molar-refractivity contribution in [3.8, 4) is 11.5 Å². The van der Waals surface area contributed by atoms with Crippen molar-refractivity contribution >= 4 is 52.0 Å². The van der Waals surface area contributed by atoms with Gasteiger partial charge in [-0.1, -0.05) is 35.9 Å². The molecule has 0 spiro atoms. The van der Waals surface area contributed by atoms with Crippen LogP contribution in [0.3, 0.4) is 0 Å². The average molecular weight is 700 g/mol. The Morgan fingerprint density at radius 2 is 1.43 bits per heavy atom. The van der Waals surface area contributed by atoms with Gasteiger partial charge >= 0.3 is 18.4 Å². The molecule has 4 aromatic heterocycles. The number of hydrogen-bond acceptors (Lipinski definition) is 10. The third-order valence-corrected chi connectivity index (χ3v) is 6.59. The number of hydrogen-bond donors (Lipinski definition) is 1. The summed E-state index contributed by atoms with van der Waals surface area (Å²) in [4.78, 5) is 49.9. The quantitative estimate of drug-likeness (QED) is 0.202. The van der Waals surface area contributed by atoms with E-state index in [1.807, 2.05) is 0 Å². The summed E-state index contributed by atoms with van der Waals surface area (Å²) in [7, 11) is 0. The van der Waals surface area contributed by atoms with E-state index in [0.29, 0.717) is 9.58 Å². The Kier molecular flexibility index (Phi) is 9.07. The lowest BCUT2D eigenvalue weighted by Crippen LogP contribution is -2.44. The Hall–Kier alpha value is -5.58. The molecule has 0 bridgehead atoms. The zero-order valence-electron chi connectivity index (χ0n) is 26.9. The van der Waals surface area contributed by atoms with Gasteiger partial charge in [-0.25, -0.2) is 24.2 Å². The van der Waals surface area contributed by atoms with Gasteiger partial charge in [0.2, 0.25) is 0 Å². The zero-order valence-corrected chi connectivity index (χ0v) is 27.7. The Morgan fingerprint density at radius 3 is 1.98 bits per heavy atom. The first kappa shape index (κ1) is 34.7. The fourth-order valence-electron chi connectivity index (χ4n) is 4.51. The largest absolute Gasteiger partial charge is 0.443 e. The number of rotatable bonds is 5. The molecule has 49 heavy (non-hydrogen) atoms. The summed E-state index contributed by atoms with van der Waals surface area (Å²) in [6.45, 7) is 9.56. The number of imide groups is 1. The van der Waals surface area contributed by atoms with Gasteiger partial charge in [0.05, 0.1) is 52.9 Å². The normalized spacial score (nSPS) is 12.1. The Labute approximate surface area is 281 Å². The molecule has 1 N–H and O–H groups in total. The van der Waals surface area contributed by atoms with E-state index >= 15 is 0 Å². The van der Waals surface area contributed by atoms with E-state index in [2.05, 4.69) is 30.6 Å². The summed E-state index contributed by atoms with van der Waals surface area (Å²) in [6, 6.07) is 7.25. The third-order valence-electron chi connectivity index (χ3n) is 6.32. The lowest BCUT2D eigenvalue weighted by atomic mass is 10.1. The monoisotopic (exact) mass is 699 g/mol. The maximum absolute atomic E-state index is 14.7. The van der Waals surface area contributed by atoms with Crippen molar-refractivity contribution in [2.45, 2.75) is 58.9 Å². The van der Waals surface area contributed by atoms with Crippen LogP contribution < -0.4 is 10.2 Å². The number of fused-ring (bicyclic) bond motifs is 1. The molecule has 256 valence electrons. The number of pyridine rings is 2. The number of nitrogens with one attached hydrogen (secondary N) is 1. The highest BCUT2D eigenvalue weighted by atomic mass is 35.5. The molecule has 18 heteroatoms. The van der Waals surface area contributed by atoms with Gasteiger partial charge in [0, 0.05) is 10.8 Å². The van der Waals surface area contributed by atoms with Gasteiger partial charge < -0.3 is 14.8 Å². The molecule has 0 radical (unpaired) electrons. The SMILES string of the molecule is CC(C)(C)OC(=O)N(C(=O)OC(C)(C)C)c1ncc(-n2ncc(C(=O)Nc3cnc(-n4nccn4)c(Cl)c3)c2C(F)(F)F)c2ccccc12. The second-order valence-electron chi connectivity index (χ2n) is 12.4. The Balaban J connectivity index is 1.58. The van der Waals surface area contributed by atoms with Crippen molar-refractivity contribution in [2.75, 3.05) is 10.2 Å². The molecular weight excluding hydrogens is 671 g/mol. The lowest BCUT2D eigenvalue weighted by molar-refractivity contribution is -0.143. The molecule has 0 fully saturated rings. The fraction of sp³-hybridized carbons (Fsp3) is 0.290. The summed E-state index contributed by atoms with van der Waals surface area (Å²) in [5.41, 5.74) is -4.51. The third kappa shape index (κ3) is 7.61. The lowest BCUT2D eigenvalue weighted by Gasteiger charge is -2.28. The minimum atomic E-state index is -5.09. The smallest absolute Gasteiger partial charge is 0.434 e. The maximum atomic E-state index is 14.7. The van der Waals surface area contributed by atoms with Gasteiger partial charge in [-0.15, -0.1) is 4.80 Å². The van der Waals surface area contributed by atoms with Crippen LogP contribution in [0.15, 0.2) is 61.3 Å². The van der Waals surface area contributed by atoms with Gasteiger partial charge in [0.25, 0.3) is 5.91 Å². The molecule has 1 aromatic carbocycles. The number of halogens is 4. The summed E-state index contributed by atoms with van der Waals surface area (Å²) < 4.78 is 55.5. The van der Waals surface area contributed by atoms with Crippen LogP contribution in [0.5, 0.6) is 0 Å². The number of carbonyl (C=O) groups is 3. The first-order valence-electron chi connectivity index (χ1n) is 14.5. The van der Waals surface area contributed by atoms with Crippen LogP contribution in [0.2, 0.25) is 5.02 Å². The van der Waals surface area contributed by atoms with Crippen molar-refractivity contribution in [1.29, 1.82) is 0 Å². The summed E-state index contributed by atoms with van der Waals surface area (Å²) in [6.07, 6.45) is -1.61. The topological polar surface area (TPSA) is 159 Å². The second kappa shape index (κ2) is 12.8. The molecule has 0 aliphatic rings. The molecule has 0 atom stereocenters. The van der Waals surface area contributed by atoms with Crippen LogP contribution in [0.25, 0.3) is 22.3 Å². The van der Waals surface area contributed by atoms with Crippen LogP contribution in [0.4, 0.5) is 34.3 Å². The van der Waals surface area contributed by atoms with Crippen molar-refractivity contribution < 1.29 is 37.0 Å². The van der Waals surface area contributed by atoms with E-state index in [4.69, 9.17) is 21.1 Å². The first-order chi connectivity index (χ1) is 22.8. The molecule has 0 aliphatic heterocycles. The standard InChI is InChI=1S/C31H29ClF3N9O5/c1-29(2,3)48-27(46)42(28(47)49-30(4,5)6)24-19-10-8-7-9-18(19)22(16-37-24)43-23(31(33,34)35)20(15-40-43)26(45)41-17-13-21(32)25(36-14-17)44-38-11-12-39-44/h7-16H,1-6H3,(H,41,45). The van der Waals surface area contributed by atoms with Gasteiger partial charge in [0.1, 0.15) is 11.2 Å². The molecule has 0 saturated carbocycles. The van der Waals surface area contributed by atoms with E-state index in [1.165, 1.54) is 42.9 Å². The van der Waals surface area contributed by atoms with Crippen LogP contribution in [-0.2, 0) is 15.7 Å². The van der Waals surface area contributed by atoms with Crippen LogP contribution >= 0.6 is 11.6 Å². The molecule has 3 amide bonds. The highest BCUT2D eigenvalue weighted by molar-refractivity contribution is 6.32. The fourth-order valence-corrected chi connectivity index (χ4v) is 4.75. The Morgan fingerprint density at radius 1 is 0.837 bits per heavy atom. The van der Waals surface area contributed by atoms with E-state index in [-0.39, 0.29) is 38.8 Å². The number of carbonyl (C=O) groups excluding carboxylic acids is 3. The van der Waals surface area contributed by atoms with Crippen molar-refractivity contribution in [3.05, 3.63) is 77.6 Å². The van der Waals surface area contributed by atoms with Gasteiger partial charge in [-0.2, -0.15) is 33.4 Å². The number of alkyl halides is 3. The minimum absolute atomic E-state index is 0.00683. The molecular formula is C31H29ClF3N9O5. The summed E-state index contributed by atoms with van der Waals surface area (Å²) >= 11 is 6.25. The number of anilines is 2. The molecule has 5 rings (SSSR count). The van der Waals surface area contributed by atoms with Crippen LogP contribution in [-0.4, -0.2) is 64.0 Å². The molecule has 0 unspecified atom stereocenters. The van der Waals surface area contributed by atoms with E-state index in [0.717, 1.165) is 17.2 Å². The molecule has 5 aromatic rings. The number of benzene rings is 1. The van der Waals surface area contributed by atoms with Gasteiger partial charge in [-0.3, -0.25) is 4.79 Å².